The lowest BCUT2D eigenvalue weighted by atomic mass is 10.2. The molecule has 1 rings (SSSR count). The van der Waals surface area contributed by atoms with E-state index in [1.807, 2.05) is 13.0 Å². The highest BCUT2D eigenvalue weighted by atomic mass is 32.2. The number of carboxylic acids is 1. The average molecular weight is 229 g/mol. The minimum Gasteiger partial charge on any atom is -0.480 e. The summed E-state index contributed by atoms with van der Waals surface area (Å²) in [6.45, 7) is 1.81. The maximum Gasteiger partial charge on any atom is 0.320 e. The van der Waals surface area contributed by atoms with Crippen molar-refractivity contribution in [1.82, 2.24) is 0 Å². The zero-order chi connectivity index (χ0) is 11.5. The molecule has 5 nitrogen and oxygen atoms in total. The van der Waals surface area contributed by atoms with Crippen molar-refractivity contribution in [2.75, 3.05) is 10.5 Å². The standard InChI is InChI=1S/C9H11NO4S/c1-7-3-2-4-8(5-7)10-15(13,14)6-9(11)12/h2-5,10H,6H2,1H3,(H,11,12). The molecule has 82 valence electrons. The van der Waals surface area contributed by atoms with E-state index < -0.39 is 21.7 Å². The Morgan fingerprint density at radius 1 is 1.47 bits per heavy atom. The normalized spacial score (nSPS) is 11.0. The predicted octanol–water partition coefficient (Wildman–Crippen LogP) is 0.821. The molecule has 0 spiro atoms. The first-order valence-electron chi connectivity index (χ1n) is 4.18. The number of hydrogen-bond acceptors (Lipinski definition) is 3. The van der Waals surface area contributed by atoms with Gasteiger partial charge in [0.15, 0.2) is 5.75 Å². The molecule has 0 unspecified atom stereocenters. The van der Waals surface area contributed by atoms with Gasteiger partial charge in [-0.2, -0.15) is 0 Å². The zero-order valence-corrected chi connectivity index (χ0v) is 8.91. The van der Waals surface area contributed by atoms with E-state index in [4.69, 9.17) is 5.11 Å². The monoisotopic (exact) mass is 229 g/mol. The van der Waals surface area contributed by atoms with E-state index in [1.54, 1.807) is 18.2 Å². The molecule has 0 amide bonds. The second-order valence-corrected chi connectivity index (χ2v) is 4.85. The quantitative estimate of drug-likeness (QED) is 0.800. The lowest BCUT2D eigenvalue weighted by molar-refractivity contribution is -0.134. The molecule has 0 aliphatic rings. The van der Waals surface area contributed by atoms with Crippen LogP contribution in [0.4, 0.5) is 5.69 Å². The van der Waals surface area contributed by atoms with Crippen molar-refractivity contribution in [1.29, 1.82) is 0 Å². The third-order valence-electron chi connectivity index (χ3n) is 1.60. The van der Waals surface area contributed by atoms with Crippen molar-refractivity contribution in [2.45, 2.75) is 6.92 Å². The Balaban J connectivity index is 2.82. The van der Waals surface area contributed by atoms with Gasteiger partial charge in [0, 0.05) is 5.69 Å². The van der Waals surface area contributed by atoms with E-state index in [0.717, 1.165) is 5.56 Å². The zero-order valence-electron chi connectivity index (χ0n) is 8.10. The number of carboxylic acid groups (broad SMARTS) is 1. The van der Waals surface area contributed by atoms with Gasteiger partial charge in [-0.3, -0.25) is 9.52 Å². The Morgan fingerprint density at radius 2 is 2.13 bits per heavy atom. The van der Waals surface area contributed by atoms with Crippen LogP contribution >= 0.6 is 0 Å². The second-order valence-electron chi connectivity index (χ2n) is 3.12. The fraction of sp³-hybridized carbons (Fsp3) is 0.222. The Morgan fingerprint density at radius 3 is 2.67 bits per heavy atom. The van der Waals surface area contributed by atoms with Gasteiger partial charge in [0.25, 0.3) is 0 Å². The molecule has 0 aromatic heterocycles. The summed E-state index contributed by atoms with van der Waals surface area (Å²) in [5.74, 6) is -2.31. The molecule has 1 aromatic rings. The number of carbonyl (C=O) groups is 1. The molecule has 2 N–H and O–H groups in total. The Hall–Kier alpha value is -1.56. The van der Waals surface area contributed by atoms with Crippen LogP contribution in [0, 0.1) is 6.92 Å². The highest BCUT2D eigenvalue weighted by Gasteiger charge is 2.15. The summed E-state index contributed by atoms with van der Waals surface area (Å²) in [5, 5.41) is 8.36. The van der Waals surface area contributed by atoms with Crippen LogP contribution in [-0.2, 0) is 14.8 Å². The number of anilines is 1. The van der Waals surface area contributed by atoms with Gasteiger partial charge < -0.3 is 5.11 Å². The molecule has 0 aliphatic heterocycles. The molecule has 0 radical (unpaired) electrons. The van der Waals surface area contributed by atoms with Gasteiger partial charge in [-0.05, 0) is 24.6 Å². The molecular weight excluding hydrogens is 218 g/mol. The van der Waals surface area contributed by atoms with Crippen LogP contribution in [-0.4, -0.2) is 25.2 Å². The van der Waals surface area contributed by atoms with Crippen molar-refractivity contribution in [3.05, 3.63) is 29.8 Å². The predicted molar refractivity (Wildman–Crippen MR) is 56.2 cm³/mol. The molecule has 0 saturated carbocycles. The first kappa shape index (κ1) is 11.5. The fourth-order valence-corrected chi connectivity index (χ4v) is 1.97. The van der Waals surface area contributed by atoms with E-state index in [2.05, 4.69) is 4.72 Å². The molecule has 0 saturated heterocycles. The molecule has 0 aliphatic carbocycles. The lowest BCUT2D eigenvalue weighted by Crippen LogP contribution is -2.22. The minimum atomic E-state index is -3.80. The molecule has 0 heterocycles. The Bertz CT molecular complexity index is 467. The maximum absolute atomic E-state index is 11.2. The molecule has 15 heavy (non-hydrogen) atoms. The van der Waals surface area contributed by atoms with Crippen LogP contribution in [0.25, 0.3) is 0 Å². The van der Waals surface area contributed by atoms with Gasteiger partial charge in [0.05, 0.1) is 0 Å². The molecule has 0 atom stereocenters. The molecule has 0 bridgehead atoms. The molecule has 0 fully saturated rings. The minimum absolute atomic E-state index is 0.372. The van der Waals surface area contributed by atoms with E-state index in [-0.39, 0.29) is 0 Å². The first-order chi connectivity index (χ1) is 6.89. The average Bonchev–Trinajstić information content (AvgIpc) is 1.99. The number of nitrogens with one attached hydrogen (secondary N) is 1. The van der Waals surface area contributed by atoms with Crippen LogP contribution in [0.1, 0.15) is 5.56 Å². The van der Waals surface area contributed by atoms with Crippen LogP contribution < -0.4 is 4.72 Å². The number of benzene rings is 1. The summed E-state index contributed by atoms with van der Waals surface area (Å²) < 4.78 is 24.6. The summed E-state index contributed by atoms with van der Waals surface area (Å²) in [7, 11) is -3.80. The Labute approximate surface area is 87.8 Å². The summed E-state index contributed by atoms with van der Waals surface area (Å²) in [6, 6.07) is 6.69. The Kier molecular flexibility index (Phi) is 3.31. The van der Waals surface area contributed by atoms with E-state index in [9.17, 15) is 13.2 Å². The summed E-state index contributed by atoms with van der Waals surface area (Å²) in [4.78, 5) is 10.3. The van der Waals surface area contributed by atoms with E-state index >= 15 is 0 Å². The largest absolute Gasteiger partial charge is 0.480 e. The van der Waals surface area contributed by atoms with Crippen molar-refractivity contribution in [3.63, 3.8) is 0 Å². The SMILES string of the molecule is Cc1cccc(NS(=O)(=O)CC(=O)O)c1. The first-order valence-corrected chi connectivity index (χ1v) is 5.83. The van der Waals surface area contributed by atoms with Gasteiger partial charge in [0.2, 0.25) is 10.0 Å². The number of sulfonamides is 1. The van der Waals surface area contributed by atoms with Crippen molar-refractivity contribution < 1.29 is 18.3 Å². The van der Waals surface area contributed by atoms with Crippen molar-refractivity contribution in [3.8, 4) is 0 Å². The second kappa shape index (κ2) is 4.31. The van der Waals surface area contributed by atoms with Crippen LogP contribution in [0.15, 0.2) is 24.3 Å². The lowest BCUT2D eigenvalue weighted by Gasteiger charge is -2.06. The summed E-state index contributed by atoms with van der Waals surface area (Å²) in [6.07, 6.45) is 0. The van der Waals surface area contributed by atoms with Crippen LogP contribution in [0.5, 0.6) is 0 Å². The number of aliphatic carboxylic acids is 1. The van der Waals surface area contributed by atoms with E-state index in [0.29, 0.717) is 5.69 Å². The highest BCUT2D eigenvalue weighted by molar-refractivity contribution is 7.93. The number of aryl methyl sites for hydroxylation is 1. The van der Waals surface area contributed by atoms with Crippen molar-refractivity contribution in [2.24, 2.45) is 0 Å². The molecule has 6 heteroatoms. The molecular formula is C9H11NO4S. The van der Waals surface area contributed by atoms with Crippen LogP contribution in [0.3, 0.4) is 0 Å². The third kappa shape index (κ3) is 3.99. The number of rotatable bonds is 4. The van der Waals surface area contributed by atoms with Gasteiger partial charge in [-0.25, -0.2) is 8.42 Å². The number of hydrogen-bond donors (Lipinski definition) is 2. The van der Waals surface area contributed by atoms with E-state index in [1.165, 1.54) is 0 Å². The third-order valence-corrected chi connectivity index (χ3v) is 2.78. The van der Waals surface area contributed by atoms with Gasteiger partial charge >= 0.3 is 5.97 Å². The fourth-order valence-electron chi connectivity index (χ4n) is 1.09. The van der Waals surface area contributed by atoms with Gasteiger partial charge in [0.1, 0.15) is 0 Å². The molecule has 1 aromatic carbocycles. The topological polar surface area (TPSA) is 83.5 Å². The smallest absolute Gasteiger partial charge is 0.320 e. The summed E-state index contributed by atoms with van der Waals surface area (Å²) in [5.41, 5.74) is 1.27. The summed E-state index contributed by atoms with van der Waals surface area (Å²) >= 11 is 0. The maximum atomic E-state index is 11.2. The van der Waals surface area contributed by atoms with Gasteiger partial charge in [-0.15, -0.1) is 0 Å². The van der Waals surface area contributed by atoms with Crippen LogP contribution in [0.2, 0.25) is 0 Å². The van der Waals surface area contributed by atoms with Gasteiger partial charge in [-0.1, -0.05) is 12.1 Å². The highest BCUT2D eigenvalue weighted by Crippen LogP contribution is 2.11. The van der Waals surface area contributed by atoms with Crippen molar-refractivity contribution >= 4 is 21.7 Å².